The van der Waals surface area contributed by atoms with E-state index < -0.39 is 38.0 Å². The molecule has 32 heavy (non-hydrogen) atoms. The van der Waals surface area contributed by atoms with Gasteiger partial charge in [0, 0.05) is 14.7 Å². The Labute approximate surface area is 182 Å². The maximum Gasteiger partial charge on any atom is 0.452 e. The summed E-state index contributed by atoms with van der Waals surface area (Å²) in [6, 6.07) is 22.8. The van der Waals surface area contributed by atoms with E-state index in [9.17, 15) is 30.4 Å². The lowest BCUT2D eigenvalue weighted by Crippen LogP contribution is -2.52. The number of aliphatic hydroxyl groups is 1. The Kier molecular flexibility index (Phi) is 6.66. The highest BCUT2D eigenvalue weighted by atomic mass is 32.3. The zero-order valence-corrected chi connectivity index (χ0v) is 17.7. The van der Waals surface area contributed by atoms with Gasteiger partial charge in [-0.2, -0.15) is 26.0 Å². The first-order chi connectivity index (χ1) is 14.9. The van der Waals surface area contributed by atoms with E-state index in [1.54, 1.807) is 18.2 Å². The van der Waals surface area contributed by atoms with E-state index in [0.29, 0.717) is 0 Å². The van der Waals surface area contributed by atoms with Crippen LogP contribution in [0.2, 0.25) is 0 Å². The zero-order chi connectivity index (χ0) is 23.6. The molecule has 3 aromatic rings. The van der Waals surface area contributed by atoms with Crippen LogP contribution in [0.5, 0.6) is 0 Å². The Hall–Kier alpha value is -2.47. The van der Waals surface area contributed by atoms with Crippen molar-refractivity contribution in [2.75, 3.05) is 0 Å². The Balaban J connectivity index is 2.29. The van der Waals surface area contributed by atoms with Gasteiger partial charge in [0.2, 0.25) is 0 Å². The van der Waals surface area contributed by atoms with Gasteiger partial charge in [-0.3, -0.25) is 0 Å². The lowest BCUT2D eigenvalue weighted by molar-refractivity contribution is -0.325. The molecule has 0 aromatic heterocycles. The van der Waals surface area contributed by atoms with Crippen LogP contribution in [0, 0.1) is 0 Å². The van der Waals surface area contributed by atoms with E-state index in [1.807, 2.05) is 0 Å². The Bertz CT molecular complexity index is 1040. The second kappa shape index (κ2) is 8.81. The second-order valence-corrected chi connectivity index (χ2v) is 11.0. The van der Waals surface area contributed by atoms with E-state index in [-0.39, 0.29) is 14.7 Å². The second-order valence-electron chi connectivity index (χ2n) is 6.54. The minimum absolute atomic E-state index is 0.197. The summed E-state index contributed by atoms with van der Waals surface area (Å²) in [4.78, 5) is 0.591. The summed E-state index contributed by atoms with van der Waals surface area (Å²) in [7, 11) is -9.39. The monoisotopic (exact) mass is 492 g/mol. The lowest BCUT2D eigenvalue weighted by atomic mass is 10.3. The van der Waals surface area contributed by atoms with Crippen LogP contribution in [-0.4, -0.2) is 31.1 Å². The van der Waals surface area contributed by atoms with Crippen molar-refractivity contribution < 1.29 is 39.1 Å². The van der Waals surface area contributed by atoms with E-state index in [1.165, 1.54) is 72.8 Å². The molecule has 0 aliphatic carbocycles. The molecule has 0 saturated heterocycles. The summed E-state index contributed by atoms with van der Waals surface area (Å²) >= 11 is 0. The van der Waals surface area contributed by atoms with E-state index >= 15 is 0 Å². The van der Waals surface area contributed by atoms with Crippen molar-refractivity contribution in [3.8, 4) is 0 Å². The molecule has 0 amide bonds. The Morgan fingerprint density at radius 2 is 1.00 bits per heavy atom. The van der Waals surface area contributed by atoms with Crippen molar-refractivity contribution in [1.29, 1.82) is 0 Å². The molecule has 0 spiro atoms. The quantitative estimate of drug-likeness (QED) is 0.427. The van der Waals surface area contributed by atoms with Crippen LogP contribution in [-0.2, 0) is 13.7 Å². The number of hydrogen-bond acceptors (Lipinski definition) is 4. The predicted octanol–water partition coefficient (Wildman–Crippen LogP) is 5.75. The molecule has 3 aromatic carbocycles. The maximum atomic E-state index is 14.5. The fourth-order valence-corrected chi connectivity index (χ4v) is 8.17. The average molecular weight is 492 g/mol. The molecule has 172 valence electrons. The molecule has 0 heterocycles. The summed E-state index contributed by atoms with van der Waals surface area (Å²) in [5.41, 5.74) is -4.45. The van der Waals surface area contributed by atoms with Crippen LogP contribution in [0.4, 0.5) is 22.0 Å². The predicted molar refractivity (Wildman–Crippen MR) is 109 cm³/mol. The van der Waals surface area contributed by atoms with Gasteiger partial charge >= 0.3 is 22.1 Å². The van der Waals surface area contributed by atoms with Crippen LogP contribution in [0.3, 0.4) is 0 Å². The molecule has 2 unspecified atom stereocenters. The topological polar surface area (TPSA) is 63.6 Å². The van der Waals surface area contributed by atoms with E-state index in [4.69, 9.17) is 8.74 Å². The highest BCUT2D eigenvalue weighted by molar-refractivity contribution is 8.33. The molecule has 3 rings (SSSR count). The molecule has 4 nitrogen and oxygen atoms in total. The SMILES string of the molecule is O=S(=O)(OS(c1ccccc1)(c1ccccc1)c1ccccc1)C(F)C(O)(F)C(F)(F)F. The van der Waals surface area contributed by atoms with Crippen LogP contribution >= 0.6 is 10.3 Å². The standard InChI is InChI=1S/C21H17F5O4S2/c22-19(20(23,27)21(24,25)26)32(28,29)30-31(16-10-4-1-5-11-16,17-12-6-2-7-13-17)18-14-8-3-9-15-18/h1-15,19,27H. The molecular formula is C21H17F5O4S2. The molecule has 0 saturated carbocycles. The van der Waals surface area contributed by atoms with Crippen LogP contribution in [0.25, 0.3) is 0 Å². The fraction of sp³-hybridized carbons (Fsp3) is 0.143. The summed E-state index contributed by atoms with van der Waals surface area (Å²) in [6.07, 6.45) is -6.22. The summed E-state index contributed by atoms with van der Waals surface area (Å²) in [5, 5.41) is 9.05. The first-order valence-electron chi connectivity index (χ1n) is 8.98. The molecule has 1 N–H and O–H groups in total. The molecule has 0 fully saturated rings. The average Bonchev–Trinajstić information content (AvgIpc) is 2.78. The van der Waals surface area contributed by atoms with Crippen molar-refractivity contribution in [3.63, 3.8) is 0 Å². The Morgan fingerprint density at radius 1 is 0.688 bits per heavy atom. The third kappa shape index (κ3) is 4.38. The zero-order valence-electron chi connectivity index (χ0n) is 16.1. The highest BCUT2D eigenvalue weighted by Gasteiger charge is 2.66. The van der Waals surface area contributed by atoms with Gasteiger partial charge in [-0.15, -0.1) is 0 Å². The molecule has 0 radical (unpaired) electrons. The summed E-state index contributed by atoms with van der Waals surface area (Å²) in [6.45, 7) is 0. The normalized spacial score (nSPS) is 16.2. The molecule has 0 bridgehead atoms. The van der Waals surface area contributed by atoms with E-state index in [2.05, 4.69) is 0 Å². The summed E-state index contributed by atoms with van der Waals surface area (Å²) < 4.78 is 97.4. The maximum absolute atomic E-state index is 14.5. The molecule has 0 aliphatic heterocycles. The minimum Gasteiger partial charge on any atom is -0.352 e. The first kappa shape index (κ1) is 24.2. The fourth-order valence-electron chi connectivity index (χ4n) is 2.86. The van der Waals surface area contributed by atoms with Gasteiger partial charge in [0.1, 0.15) is 0 Å². The molecule has 2 atom stereocenters. The van der Waals surface area contributed by atoms with Gasteiger partial charge in [-0.25, -0.2) is 8.02 Å². The molecule has 11 heteroatoms. The van der Waals surface area contributed by atoms with Gasteiger partial charge in [0.05, 0.1) is 0 Å². The van der Waals surface area contributed by atoms with Crippen molar-refractivity contribution in [3.05, 3.63) is 91.0 Å². The van der Waals surface area contributed by atoms with Crippen molar-refractivity contribution >= 4 is 20.4 Å². The van der Waals surface area contributed by atoms with Gasteiger partial charge in [-0.1, -0.05) is 54.6 Å². The van der Waals surface area contributed by atoms with Crippen LogP contribution in [0.15, 0.2) is 106 Å². The van der Waals surface area contributed by atoms with Crippen molar-refractivity contribution in [2.45, 2.75) is 32.2 Å². The Morgan fingerprint density at radius 3 is 1.28 bits per heavy atom. The number of halogens is 5. The first-order valence-corrected chi connectivity index (χ1v) is 12.0. The number of hydrogen-bond donors (Lipinski definition) is 1. The van der Waals surface area contributed by atoms with Gasteiger partial charge < -0.3 is 5.11 Å². The largest absolute Gasteiger partial charge is 0.452 e. The number of benzene rings is 3. The lowest BCUT2D eigenvalue weighted by Gasteiger charge is -2.40. The minimum atomic E-state index is -6.22. The van der Waals surface area contributed by atoms with Crippen molar-refractivity contribution in [2.24, 2.45) is 0 Å². The number of rotatable bonds is 7. The van der Waals surface area contributed by atoms with Crippen molar-refractivity contribution in [1.82, 2.24) is 0 Å². The smallest absolute Gasteiger partial charge is 0.352 e. The van der Waals surface area contributed by atoms with Gasteiger partial charge in [-0.05, 0) is 46.7 Å². The number of alkyl halides is 5. The third-order valence-corrected chi connectivity index (χ3v) is 9.58. The highest BCUT2D eigenvalue weighted by Crippen LogP contribution is 2.70. The van der Waals surface area contributed by atoms with Crippen LogP contribution < -0.4 is 0 Å². The van der Waals surface area contributed by atoms with Gasteiger partial charge in [0.15, 0.2) is 0 Å². The van der Waals surface area contributed by atoms with Crippen LogP contribution in [0.1, 0.15) is 0 Å². The molecule has 0 aliphatic rings. The molecular weight excluding hydrogens is 475 g/mol. The summed E-state index contributed by atoms with van der Waals surface area (Å²) in [5.74, 6) is -5.68. The van der Waals surface area contributed by atoms with Gasteiger partial charge in [0.25, 0.3) is 5.50 Å². The van der Waals surface area contributed by atoms with E-state index in [0.717, 1.165) is 0 Å². The third-order valence-electron chi connectivity index (χ3n) is 4.37.